The Labute approximate surface area is 129 Å². The van der Waals surface area contributed by atoms with Crippen molar-refractivity contribution in [2.45, 2.75) is 96.8 Å². The van der Waals surface area contributed by atoms with Gasteiger partial charge in [0.05, 0.1) is 0 Å². The molecule has 0 atom stereocenters. The molecule has 1 nitrogen and oxygen atoms in total. The first kappa shape index (κ1) is 19.2. The molecule has 0 heterocycles. The second kappa shape index (κ2) is 16.2. The Morgan fingerprint density at radius 1 is 0.684 bits per heavy atom. The van der Waals surface area contributed by atoms with Gasteiger partial charge in [0.15, 0.2) is 0 Å². The van der Waals surface area contributed by atoms with Crippen LogP contribution < -0.4 is 0 Å². The average molecular weight is 333 g/mol. The molecule has 0 aliphatic rings. The van der Waals surface area contributed by atoms with Crippen molar-refractivity contribution in [3.8, 4) is 0 Å². The molecule has 0 unspecified atom stereocenters. The Morgan fingerprint density at radius 3 is 1.42 bits per heavy atom. The molecule has 0 rings (SSSR count). The third kappa shape index (κ3) is 16.1. The van der Waals surface area contributed by atoms with Crippen molar-refractivity contribution >= 4 is 20.2 Å². The van der Waals surface area contributed by atoms with E-state index in [4.69, 9.17) is 4.74 Å². The Balaban J connectivity index is 2.97. The van der Waals surface area contributed by atoms with Crippen LogP contribution in [0.3, 0.4) is 0 Å². The van der Waals surface area contributed by atoms with E-state index in [1.54, 1.807) is 7.11 Å². The van der Waals surface area contributed by atoms with Crippen LogP contribution in [-0.4, -0.2) is 27.3 Å². The van der Waals surface area contributed by atoms with E-state index < -0.39 is 0 Å². The predicted molar refractivity (Wildman–Crippen MR) is 88.1 cm³/mol. The van der Waals surface area contributed by atoms with Gasteiger partial charge in [0, 0.05) is 0 Å². The van der Waals surface area contributed by atoms with Gasteiger partial charge in [0.25, 0.3) is 0 Å². The molecule has 0 aliphatic heterocycles. The van der Waals surface area contributed by atoms with Crippen molar-refractivity contribution in [1.29, 1.82) is 0 Å². The molecule has 0 saturated heterocycles. The van der Waals surface area contributed by atoms with Crippen LogP contribution in [-0.2, 0) is 4.74 Å². The van der Waals surface area contributed by atoms with E-state index >= 15 is 0 Å². The molecule has 19 heavy (non-hydrogen) atoms. The van der Waals surface area contributed by atoms with Crippen LogP contribution in [0.4, 0.5) is 0 Å². The molecule has 0 radical (unpaired) electrons. The molecule has 0 bridgehead atoms. The number of methoxy groups -OCH3 is 1. The first-order valence-corrected chi connectivity index (χ1v) is 9.23. The quantitative estimate of drug-likeness (QED) is 0.287. The summed E-state index contributed by atoms with van der Waals surface area (Å²) in [7, 11) is 1.74. The average Bonchev–Trinajstić information content (AvgIpc) is 2.43. The summed E-state index contributed by atoms with van der Waals surface area (Å²) in [6, 6.07) is 0. The van der Waals surface area contributed by atoms with Crippen molar-refractivity contribution < 1.29 is 4.74 Å². The molecule has 0 fully saturated rings. The van der Waals surface area contributed by atoms with Gasteiger partial charge < -0.3 is 0 Å². The molecule has 0 amide bonds. The first-order valence-electron chi connectivity index (χ1n) is 8.38. The first-order chi connectivity index (χ1) is 9.31. The molecule has 0 N–H and O–H groups in total. The van der Waals surface area contributed by atoms with Gasteiger partial charge >= 0.3 is 103 Å². The number of rotatable bonds is 15. The minimum atomic E-state index is 1.06. The van der Waals surface area contributed by atoms with Crippen molar-refractivity contribution in [2.24, 2.45) is 0 Å². The van der Waals surface area contributed by atoms with E-state index in [1.165, 1.54) is 83.5 Å². The van der Waals surface area contributed by atoms with Gasteiger partial charge in [-0.1, -0.05) is 26.2 Å². The van der Waals surface area contributed by atoms with E-state index in [-0.39, 0.29) is 0 Å². The zero-order valence-corrected chi connectivity index (χ0v) is 14.9. The zero-order chi connectivity index (χ0) is 14.2. The van der Waals surface area contributed by atoms with Gasteiger partial charge in [-0.15, -0.1) is 0 Å². The van der Waals surface area contributed by atoms with Gasteiger partial charge in [0.2, 0.25) is 0 Å². The Bertz CT molecular complexity index is 192. The Kier molecular flexibility index (Phi) is 16.4. The van der Waals surface area contributed by atoms with Crippen molar-refractivity contribution in [3.63, 3.8) is 0 Å². The number of hydrogen-bond donors (Lipinski definition) is 0. The molecule has 0 aromatic rings. The normalized spacial score (nSPS) is 10.6. The fourth-order valence-corrected chi connectivity index (χ4v) is 2.69. The summed E-state index contributed by atoms with van der Waals surface area (Å²) in [5.74, 6) is 0. The summed E-state index contributed by atoms with van der Waals surface area (Å²) in [4.78, 5) is 0. The zero-order valence-electron chi connectivity index (χ0n) is 13.2. The third-order valence-corrected chi connectivity index (χ3v) is 4.49. The molecule has 2 heteroatoms. The van der Waals surface area contributed by atoms with Crippen LogP contribution in [0.15, 0.2) is 0 Å². The summed E-state index contributed by atoms with van der Waals surface area (Å²) < 4.78 is 6.18. The molecule has 114 valence electrons. The summed E-state index contributed by atoms with van der Waals surface area (Å²) in [6.45, 7) is 2.28. The van der Waals surface area contributed by atoms with Crippen LogP contribution in [0.5, 0.6) is 0 Å². The Hall–Kier alpha value is 0.189. The predicted octanol–water partition coefficient (Wildman–Crippen LogP) is 5.41. The molecule has 0 saturated carbocycles. The molecular formula is C17H34OSe. The van der Waals surface area contributed by atoms with Gasteiger partial charge in [-0.2, -0.15) is 0 Å². The van der Waals surface area contributed by atoms with E-state index in [0.717, 1.165) is 11.0 Å². The van der Waals surface area contributed by atoms with Crippen molar-refractivity contribution in [1.82, 2.24) is 0 Å². The van der Waals surface area contributed by atoms with Crippen LogP contribution in [0.1, 0.15) is 96.8 Å². The maximum absolute atomic E-state index is 5.12. The fraction of sp³-hybridized carbons (Fsp3) is 0.941. The van der Waals surface area contributed by atoms with Gasteiger partial charge in [-0.25, -0.2) is 0 Å². The van der Waals surface area contributed by atoms with Crippen LogP contribution in [0.2, 0.25) is 0 Å². The molecule has 0 aromatic carbocycles. The third-order valence-electron chi connectivity index (χ3n) is 3.71. The topological polar surface area (TPSA) is 9.23 Å². The van der Waals surface area contributed by atoms with Gasteiger partial charge in [-0.3, -0.25) is 0 Å². The molecular weight excluding hydrogens is 299 g/mol. The second-order valence-electron chi connectivity index (χ2n) is 5.57. The van der Waals surface area contributed by atoms with Crippen LogP contribution in [0, 0.1) is 0 Å². The van der Waals surface area contributed by atoms with Gasteiger partial charge in [0.1, 0.15) is 0 Å². The van der Waals surface area contributed by atoms with Gasteiger partial charge in [-0.05, 0) is 0 Å². The molecule has 0 spiro atoms. The van der Waals surface area contributed by atoms with Crippen LogP contribution >= 0.6 is 0 Å². The van der Waals surface area contributed by atoms with E-state index in [2.05, 4.69) is 22.5 Å². The SMILES string of the molecule is CCCCCCCCCCCCCCCC(=[Se])OC. The number of hydrogen-bond acceptors (Lipinski definition) is 1. The summed E-state index contributed by atoms with van der Waals surface area (Å²) in [6.07, 6.45) is 19.5. The second-order valence-corrected chi connectivity index (χ2v) is 6.52. The van der Waals surface area contributed by atoms with E-state index in [0.29, 0.717) is 0 Å². The number of unbranched alkanes of at least 4 members (excludes halogenated alkanes) is 12. The standard InChI is InChI=1S/C17H34OSe/c1-3-4-5-6-7-8-9-10-11-12-13-14-15-16-17(19)18-2/h3-16H2,1-2H3. The summed E-state index contributed by atoms with van der Waals surface area (Å²) in [5.41, 5.74) is 0. The van der Waals surface area contributed by atoms with E-state index in [1.807, 2.05) is 0 Å². The fourth-order valence-electron chi connectivity index (χ4n) is 2.39. The summed E-state index contributed by atoms with van der Waals surface area (Å²) in [5, 5.41) is 0. The molecule has 0 aromatic heterocycles. The number of ether oxygens (including phenoxy) is 1. The Morgan fingerprint density at radius 2 is 1.05 bits per heavy atom. The molecule has 0 aliphatic carbocycles. The van der Waals surface area contributed by atoms with Crippen molar-refractivity contribution in [3.05, 3.63) is 0 Å². The minimum absolute atomic E-state index is 1.06. The summed E-state index contributed by atoms with van der Waals surface area (Å²) >= 11 is 2.96. The van der Waals surface area contributed by atoms with Crippen LogP contribution in [0.25, 0.3) is 0 Å². The van der Waals surface area contributed by atoms with E-state index in [9.17, 15) is 0 Å². The van der Waals surface area contributed by atoms with Crippen molar-refractivity contribution in [2.75, 3.05) is 7.11 Å². The maximum atomic E-state index is 5.12. The monoisotopic (exact) mass is 334 g/mol.